The molecule has 3 rings (SSSR count). The largest absolute Gasteiger partial charge is 0.464 e. The van der Waals surface area contributed by atoms with Gasteiger partial charge in [0.15, 0.2) is 0 Å². The van der Waals surface area contributed by atoms with Gasteiger partial charge < -0.3 is 31.3 Å². The molecular formula is C30H44F3N5O7. The predicted octanol–water partition coefficient (Wildman–Crippen LogP) is 1.96. The summed E-state index contributed by atoms with van der Waals surface area (Å²) in [4.78, 5) is 78.5. The number of carbonyl (C=O) groups excluding carboxylic acids is 6. The number of likely N-dealkylation sites (tertiary alicyclic amines) is 1. The van der Waals surface area contributed by atoms with E-state index in [4.69, 9.17) is 10.5 Å². The first kappa shape index (κ1) is 35.8. The summed E-state index contributed by atoms with van der Waals surface area (Å²) in [5.41, 5.74) is 4.05. The molecule has 15 heteroatoms. The van der Waals surface area contributed by atoms with Crippen molar-refractivity contribution in [1.29, 1.82) is 0 Å². The molecule has 6 atom stereocenters. The van der Waals surface area contributed by atoms with Crippen molar-refractivity contribution in [1.82, 2.24) is 20.9 Å². The van der Waals surface area contributed by atoms with E-state index >= 15 is 0 Å². The Hall–Kier alpha value is -3.65. The number of hydrogen-bond acceptors (Lipinski definition) is 7. The first-order valence-corrected chi connectivity index (χ1v) is 15.0. The number of amides is 5. The van der Waals surface area contributed by atoms with Crippen LogP contribution in [-0.2, 0) is 28.7 Å². The molecule has 2 aliphatic carbocycles. The van der Waals surface area contributed by atoms with E-state index in [1.54, 1.807) is 27.7 Å². The average Bonchev–Trinajstić information content (AvgIpc) is 3.77. The van der Waals surface area contributed by atoms with Gasteiger partial charge >= 0.3 is 18.2 Å². The van der Waals surface area contributed by atoms with Crippen LogP contribution in [0.15, 0.2) is 12.2 Å². The van der Waals surface area contributed by atoms with Gasteiger partial charge in [-0.15, -0.1) is 0 Å². The highest BCUT2D eigenvalue weighted by molar-refractivity contribution is 6.37. The zero-order valence-corrected chi connectivity index (χ0v) is 26.5. The van der Waals surface area contributed by atoms with Gasteiger partial charge in [0.05, 0.1) is 12.6 Å². The van der Waals surface area contributed by atoms with Gasteiger partial charge in [-0.3, -0.25) is 19.2 Å². The highest BCUT2D eigenvalue weighted by Crippen LogP contribution is 2.65. The fourth-order valence-corrected chi connectivity index (χ4v) is 5.89. The van der Waals surface area contributed by atoms with Crippen LogP contribution in [0.4, 0.5) is 18.0 Å². The van der Waals surface area contributed by atoms with E-state index < -0.39 is 95.4 Å². The minimum atomic E-state index is -4.66. The van der Waals surface area contributed by atoms with Gasteiger partial charge in [0.1, 0.15) is 18.1 Å². The van der Waals surface area contributed by atoms with Gasteiger partial charge in [0.25, 0.3) is 5.91 Å². The van der Waals surface area contributed by atoms with Gasteiger partial charge in [0, 0.05) is 13.0 Å². The van der Waals surface area contributed by atoms with Gasteiger partial charge in [-0.25, -0.2) is 9.59 Å². The number of primary amides is 1. The number of alkyl halides is 3. The Balaban J connectivity index is 1.80. The van der Waals surface area contributed by atoms with Crippen molar-refractivity contribution in [2.45, 2.75) is 97.6 Å². The van der Waals surface area contributed by atoms with Gasteiger partial charge in [-0.1, -0.05) is 41.2 Å². The number of rotatable bonds is 13. The molecule has 1 unspecified atom stereocenters. The molecular weight excluding hydrogens is 599 g/mol. The lowest BCUT2D eigenvalue weighted by atomic mass is 9.85. The lowest BCUT2D eigenvalue weighted by molar-refractivity contribution is -0.147. The van der Waals surface area contributed by atoms with Crippen molar-refractivity contribution < 1.29 is 46.7 Å². The van der Waals surface area contributed by atoms with Crippen LogP contribution in [0.1, 0.15) is 67.2 Å². The first-order chi connectivity index (χ1) is 20.6. The third-order valence-electron chi connectivity index (χ3n) is 8.90. The molecule has 1 saturated heterocycles. The van der Waals surface area contributed by atoms with Crippen molar-refractivity contribution in [3.8, 4) is 0 Å². The number of ketones is 1. The summed E-state index contributed by atoms with van der Waals surface area (Å²) in [6, 6.07) is -6.27. The third-order valence-corrected chi connectivity index (χ3v) is 8.90. The van der Waals surface area contributed by atoms with Crippen molar-refractivity contribution in [3.05, 3.63) is 12.2 Å². The van der Waals surface area contributed by atoms with E-state index in [1.807, 2.05) is 13.8 Å². The smallest absolute Gasteiger partial charge is 0.389 e. The number of Topliss-reactive ketones (excluding diaryl/α,β-unsaturated/α-hetero) is 1. The zero-order chi connectivity index (χ0) is 34.2. The second kappa shape index (κ2) is 13.0. The first-order valence-electron chi connectivity index (χ1n) is 15.0. The van der Waals surface area contributed by atoms with E-state index in [-0.39, 0.29) is 19.1 Å². The number of urea groups is 1. The number of ether oxygens (including phenoxy) is 1. The standard InChI is InChI=1S/C30H44F3N5O7/c1-14(2)19(26(43)45-13-15-8-9-15)36-27(44)37-22(28(3,4)5)25(42)38-12-16-18(29(16,6)7)20(38)24(41)35-17(21(39)23(34)40)10-11-30(31,32)33/h15-20,22H,1,8-13H2,2-7H3,(H2,34,40)(H,35,41)(H2,36,37,44)/t16-,17?,18-,19-,20-,22+/m0/s1. The molecule has 0 aromatic carbocycles. The minimum absolute atomic E-state index is 0.114. The number of fused-ring (bicyclic) bond motifs is 1. The Morgan fingerprint density at radius 2 is 1.64 bits per heavy atom. The number of esters is 1. The normalized spacial score (nSPS) is 23.9. The number of hydrogen-bond donors (Lipinski definition) is 4. The molecule has 1 heterocycles. The summed E-state index contributed by atoms with van der Waals surface area (Å²) in [7, 11) is 0. The minimum Gasteiger partial charge on any atom is -0.464 e. The molecule has 2 saturated carbocycles. The maximum absolute atomic E-state index is 14.0. The monoisotopic (exact) mass is 643 g/mol. The summed E-state index contributed by atoms with van der Waals surface area (Å²) in [5.74, 6) is -5.35. The van der Waals surface area contributed by atoms with E-state index in [0.29, 0.717) is 11.5 Å². The van der Waals surface area contributed by atoms with Crippen LogP contribution in [-0.4, -0.2) is 83.9 Å². The summed E-state index contributed by atoms with van der Waals surface area (Å²) in [5, 5.41) is 7.35. The van der Waals surface area contributed by atoms with Crippen LogP contribution >= 0.6 is 0 Å². The van der Waals surface area contributed by atoms with E-state index in [0.717, 1.165) is 12.8 Å². The fraction of sp³-hybridized carbons (Fsp3) is 0.733. The van der Waals surface area contributed by atoms with E-state index in [2.05, 4.69) is 22.5 Å². The maximum Gasteiger partial charge on any atom is 0.389 e. The molecule has 5 amide bonds. The van der Waals surface area contributed by atoms with E-state index in [1.165, 1.54) is 4.90 Å². The van der Waals surface area contributed by atoms with Crippen LogP contribution in [0.25, 0.3) is 0 Å². The summed E-state index contributed by atoms with van der Waals surface area (Å²) in [6.07, 6.45) is -5.11. The second-order valence-corrected chi connectivity index (χ2v) is 14.1. The Morgan fingerprint density at radius 1 is 1.04 bits per heavy atom. The molecule has 45 heavy (non-hydrogen) atoms. The number of piperidine rings is 1. The number of carbonyl (C=O) groups is 6. The number of nitrogens with zero attached hydrogens (tertiary/aromatic N) is 1. The molecule has 0 spiro atoms. The van der Waals surface area contributed by atoms with Gasteiger partial charge in [0.2, 0.25) is 17.6 Å². The fourth-order valence-electron chi connectivity index (χ4n) is 5.89. The summed E-state index contributed by atoms with van der Waals surface area (Å²) in [6.45, 7) is 14.5. The molecule has 5 N–H and O–H groups in total. The van der Waals surface area contributed by atoms with Gasteiger partial charge in [-0.2, -0.15) is 13.2 Å². The van der Waals surface area contributed by atoms with Crippen molar-refractivity contribution in [2.75, 3.05) is 13.2 Å². The molecule has 0 aromatic rings. The SMILES string of the molecule is C=C(C)[C@H](NC(=O)N[C@H](C(=O)N1C[C@H]2[C@@H]([C@H]1C(=O)NC(CCC(F)(F)F)C(=O)C(N)=O)C2(C)C)C(C)(C)C)C(=O)OCC1CC1. The molecule has 12 nitrogen and oxygen atoms in total. The molecule has 0 bridgehead atoms. The zero-order valence-electron chi connectivity index (χ0n) is 26.5. The number of halogens is 3. The molecule has 252 valence electrons. The Morgan fingerprint density at radius 3 is 2.13 bits per heavy atom. The van der Waals surface area contributed by atoms with Crippen LogP contribution < -0.4 is 21.7 Å². The maximum atomic E-state index is 14.0. The summed E-state index contributed by atoms with van der Waals surface area (Å²) >= 11 is 0. The van der Waals surface area contributed by atoms with Crippen LogP contribution in [0.2, 0.25) is 0 Å². The lowest BCUT2D eigenvalue weighted by Gasteiger charge is -2.38. The molecule has 0 radical (unpaired) electrons. The quantitative estimate of drug-likeness (QED) is 0.135. The van der Waals surface area contributed by atoms with Crippen molar-refractivity contribution in [3.63, 3.8) is 0 Å². The molecule has 3 fully saturated rings. The van der Waals surface area contributed by atoms with E-state index in [9.17, 15) is 41.9 Å². The van der Waals surface area contributed by atoms with Crippen LogP contribution in [0, 0.1) is 28.6 Å². The average molecular weight is 644 g/mol. The van der Waals surface area contributed by atoms with Crippen LogP contribution in [0.5, 0.6) is 0 Å². The molecule has 0 aromatic heterocycles. The summed E-state index contributed by atoms with van der Waals surface area (Å²) < 4.78 is 44.1. The highest BCUT2D eigenvalue weighted by Gasteiger charge is 2.70. The topological polar surface area (TPSA) is 177 Å². The Bertz CT molecular complexity index is 1240. The Labute approximate surface area is 260 Å². The van der Waals surface area contributed by atoms with Crippen molar-refractivity contribution in [2.24, 2.45) is 34.3 Å². The number of nitrogens with two attached hydrogens (primary N) is 1. The molecule has 1 aliphatic heterocycles. The molecule has 3 aliphatic rings. The van der Waals surface area contributed by atoms with Crippen molar-refractivity contribution >= 4 is 35.5 Å². The second-order valence-electron chi connectivity index (χ2n) is 14.1. The highest BCUT2D eigenvalue weighted by atomic mass is 19.4. The van der Waals surface area contributed by atoms with Crippen LogP contribution in [0.3, 0.4) is 0 Å². The Kier molecular flexibility index (Phi) is 10.3. The van der Waals surface area contributed by atoms with Gasteiger partial charge in [-0.05, 0) is 60.3 Å². The predicted molar refractivity (Wildman–Crippen MR) is 155 cm³/mol. The third kappa shape index (κ3) is 8.75. The lowest BCUT2D eigenvalue weighted by Crippen LogP contribution is -2.62. The number of nitrogens with one attached hydrogen (secondary N) is 3.